The van der Waals surface area contributed by atoms with Gasteiger partial charge in [0.25, 0.3) is 0 Å². The Morgan fingerprint density at radius 1 is 0.245 bits per heavy atom. The molecule has 0 spiro atoms. The van der Waals surface area contributed by atoms with Gasteiger partial charge in [0.05, 0.1) is 5.41 Å². The van der Waals surface area contributed by atoms with Gasteiger partial charge in [-0.2, -0.15) is 0 Å². The van der Waals surface area contributed by atoms with Gasteiger partial charge in [0, 0.05) is 0 Å². The summed E-state index contributed by atoms with van der Waals surface area (Å²) >= 11 is 0. The van der Waals surface area contributed by atoms with Gasteiger partial charge in [-0.05, 0) is 66.8 Å². The molecule has 0 saturated heterocycles. The van der Waals surface area contributed by atoms with E-state index in [4.69, 9.17) is 0 Å². The first-order valence-corrected chi connectivity index (χ1v) is 17.0. The lowest BCUT2D eigenvalue weighted by atomic mass is 9.64. The van der Waals surface area contributed by atoms with E-state index in [0.29, 0.717) is 0 Å². The highest BCUT2D eigenvalue weighted by Crippen LogP contribution is 2.58. The predicted octanol–water partition coefficient (Wildman–Crippen LogP) is 12.3. The van der Waals surface area contributed by atoms with Gasteiger partial charge in [-0.25, -0.2) is 0 Å². The van der Waals surface area contributed by atoms with E-state index in [1.807, 2.05) is 0 Å². The maximum absolute atomic E-state index is 2.57. The Labute approximate surface area is 289 Å². The zero-order chi connectivity index (χ0) is 32.9. The fraction of sp³-hybridized carbons (Fsp3) is 0.0204. The highest BCUT2D eigenvalue weighted by molar-refractivity contribution is 6.32. The first-order valence-electron chi connectivity index (χ1n) is 17.0. The van der Waals surface area contributed by atoms with Crippen LogP contribution in [0.4, 0.5) is 0 Å². The second-order valence-electron chi connectivity index (χ2n) is 12.4. The van der Waals surface area contributed by atoms with Crippen molar-refractivity contribution in [2.24, 2.45) is 0 Å². The summed E-state index contributed by atoms with van der Waals surface area (Å²) in [7, 11) is 0. The van der Waals surface area contributed by atoms with Crippen molar-refractivity contribution in [3.63, 3.8) is 0 Å². The minimum absolute atomic E-state index is 0.684. The number of rotatable bonds is 7. The maximum Gasteiger partial charge on any atom is 0.0653 e. The third-order valence-electron chi connectivity index (χ3n) is 9.57. The molecule has 0 unspecified atom stereocenters. The van der Waals surface area contributed by atoms with Crippen LogP contribution in [0.1, 0.15) is 38.9 Å². The van der Waals surface area contributed by atoms with Crippen molar-refractivity contribution < 1.29 is 0 Å². The van der Waals surface area contributed by atoms with E-state index in [1.54, 1.807) is 0 Å². The fourth-order valence-corrected chi connectivity index (χ4v) is 7.48. The van der Waals surface area contributed by atoms with Crippen LogP contribution in [0.2, 0.25) is 0 Å². The Morgan fingerprint density at radius 2 is 0.551 bits per heavy atom. The Kier molecular flexibility index (Phi) is 8.28. The summed E-state index contributed by atoms with van der Waals surface area (Å²) in [6, 6.07) is 77.0. The zero-order valence-electron chi connectivity index (χ0n) is 27.3. The summed E-state index contributed by atoms with van der Waals surface area (Å²) in [5.74, 6) is 0. The van der Waals surface area contributed by atoms with Gasteiger partial charge in [-0.1, -0.05) is 218 Å². The van der Waals surface area contributed by atoms with Crippen LogP contribution >= 0.6 is 0 Å². The van der Waals surface area contributed by atoms with Crippen LogP contribution in [0.15, 0.2) is 218 Å². The molecule has 0 amide bonds. The molecule has 0 radical (unpaired) electrons. The highest BCUT2D eigenvalue weighted by atomic mass is 14.4. The van der Waals surface area contributed by atoms with Crippen molar-refractivity contribution in [1.82, 2.24) is 0 Å². The third-order valence-corrected chi connectivity index (χ3v) is 9.57. The van der Waals surface area contributed by atoms with Gasteiger partial charge in [0.15, 0.2) is 0 Å². The largest absolute Gasteiger partial charge is 0.0653 e. The summed E-state index contributed by atoms with van der Waals surface area (Å²) in [5, 5.41) is 0. The second-order valence-corrected chi connectivity index (χ2v) is 12.4. The van der Waals surface area contributed by atoms with Crippen LogP contribution in [0.3, 0.4) is 0 Å². The van der Waals surface area contributed by atoms with E-state index < -0.39 is 5.41 Å². The Hall–Kier alpha value is -6.24. The number of hydrogen-bond donors (Lipinski definition) is 0. The number of hydrogen-bond acceptors (Lipinski definition) is 0. The molecule has 0 bridgehead atoms. The summed E-state index contributed by atoms with van der Waals surface area (Å²) in [6.07, 6.45) is 2.57. The lowest BCUT2D eigenvalue weighted by Gasteiger charge is -2.37. The summed E-state index contributed by atoms with van der Waals surface area (Å²) in [6.45, 7) is 0. The van der Waals surface area contributed by atoms with Crippen molar-refractivity contribution >= 4 is 27.9 Å². The van der Waals surface area contributed by atoms with Crippen LogP contribution in [-0.2, 0) is 5.41 Å². The number of allylic oxidation sites excluding steroid dienone is 6. The molecule has 0 heteroatoms. The average molecular weight is 625 g/mol. The van der Waals surface area contributed by atoms with Gasteiger partial charge in [-0.3, -0.25) is 0 Å². The van der Waals surface area contributed by atoms with E-state index in [2.05, 4.69) is 218 Å². The SMILES string of the molecule is C1=C(c2ccccc2)C(c2ccccc2)=C(c2ccccc2)C(c2ccccc2)=C(c2ccccc2)C1(c1ccccc1)c1ccccc1. The first-order chi connectivity index (χ1) is 24.3. The highest BCUT2D eigenvalue weighted by Gasteiger charge is 2.43. The molecule has 232 valence electrons. The molecule has 7 aromatic rings. The van der Waals surface area contributed by atoms with Crippen molar-refractivity contribution in [3.05, 3.63) is 257 Å². The van der Waals surface area contributed by atoms with Gasteiger partial charge >= 0.3 is 0 Å². The minimum Gasteiger partial charge on any atom is -0.0622 e. The molecule has 0 saturated carbocycles. The van der Waals surface area contributed by atoms with E-state index in [9.17, 15) is 0 Å². The van der Waals surface area contributed by atoms with Gasteiger partial charge in [0.1, 0.15) is 0 Å². The molecule has 7 aromatic carbocycles. The lowest BCUT2D eigenvalue weighted by molar-refractivity contribution is 0.843. The molecule has 0 heterocycles. The third kappa shape index (κ3) is 5.58. The Morgan fingerprint density at radius 3 is 0.959 bits per heavy atom. The van der Waals surface area contributed by atoms with Crippen molar-refractivity contribution in [2.75, 3.05) is 0 Å². The normalized spacial score (nSPS) is 14.2. The molecule has 0 nitrogen and oxygen atoms in total. The zero-order valence-corrected chi connectivity index (χ0v) is 27.3. The molecule has 0 aliphatic heterocycles. The van der Waals surface area contributed by atoms with Crippen molar-refractivity contribution in [1.29, 1.82) is 0 Å². The molecular weight excluding hydrogens is 589 g/mol. The van der Waals surface area contributed by atoms with Gasteiger partial charge in [-0.15, -0.1) is 0 Å². The molecular formula is C49H36. The van der Waals surface area contributed by atoms with E-state index in [0.717, 1.165) is 0 Å². The summed E-state index contributed by atoms with van der Waals surface area (Å²) in [4.78, 5) is 0. The lowest BCUT2D eigenvalue weighted by Crippen LogP contribution is -2.28. The van der Waals surface area contributed by atoms with Crippen LogP contribution < -0.4 is 0 Å². The molecule has 1 aliphatic rings. The molecule has 1 aliphatic carbocycles. The Balaban J connectivity index is 1.71. The minimum atomic E-state index is -0.684. The monoisotopic (exact) mass is 624 g/mol. The Bertz CT molecular complexity index is 2210. The molecule has 8 rings (SSSR count). The average Bonchev–Trinajstić information content (AvgIpc) is 3.34. The van der Waals surface area contributed by atoms with E-state index in [1.165, 1.54) is 66.8 Å². The van der Waals surface area contributed by atoms with E-state index in [-0.39, 0.29) is 0 Å². The summed E-state index contributed by atoms with van der Waals surface area (Å²) in [5.41, 5.74) is 13.7. The van der Waals surface area contributed by atoms with Crippen molar-refractivity contribution in [2.45, 2.75) is 5.41 Å². The van der Waals surface area contributed by atoms with Crippen molar-refractivity contribution in [3.8, 4) is 0 Å². The molecule has 49 heavy (non-hydrogen) atoms. The predicted molar refractivity (Wildman–Crippen MR) is 207 cm³/mol. The van der Waals surface area contributed by atoms with Gasteiger partial charge in [0.2, 0.25) is 0 Å². The fourth-order valence-electron chi connectivity index (χ4n) is 7.48. The van der Waals surface area contributed by atoms with E-state index >= 15 is 0 Å². The topological polar surface area (TPSA) is 0 Å². The molecule has 0 N–H and O–H groups in total. The maximum atomic E-state index is 2.57. The molecule has 0 fully saturated rings. The van der Waals surface area contributed by atoms with Crippen LogP contribution in [0, 0.1) is 0 Å². The standard InChI is InChI=1S/C49H36/c1-8-22-37(23-9-1)44-36-49(42-32-18-6-19-33-42,43-34-20-7-21-35-43)48(41-30-16-5-17-31-41)47(40-28-14-4-15-29-40)46(39-26-12-3-13-27-39)45(44)38-24-10-2-11-25-38/h1-36H. The summed E-state index contributed by atoms with van der Waals surface area (Å²) < 4.78 is 0. The van der Waals surface area contributed by atoms with Crippen LogP contribution in [0.25, 0.3) is 27.9 Å². The second kappa shape index (κ2) is 13.5. The number of benzene rings is 7. The molecule has 0 aromatic heterocycles. The smallest absolute Gasteiger partial charge is 0.0622 e. The van der Waals surface area contributed by atoms with Crippen LogP contribution in [-0.4, -0.2) is 0 Å². The first kappa shape index (κ1) is 30.1. The molecule has 0 atom stereocenters. The quantitative estimate of drug-likeness (QED) is 0.165. The van der Waals surface area contributed by atoms with Crippen LogP contribution in [0.5, 0.6) is 0 Å². The van der Waals surface area contributed by atoms with Gasteiger partial charge < -0.3 is 0 Å².